The summed E-state index contributed by atoms with van der Waals surface area (Å²) in [6, 6.07) is 17.4. The van der Waals surface area contributed by atoms with Crippen LogP contribution in [0.1, 0.15) is 16.7 Å². The molecule has 4 nitrogen and oxygen atoms in total. The van der Waals surface area contributed by atoms with Gasteiger partial charge < -0.3 is 15.6 Å². The van der Waals surface area contributed by atoms with Crippen molar-refractivity contribution in [1.82, 2.24) is 15.3 Å². The van der Waals surface area contributed by atoms with E-state index in [2.05, 4.69) is 51.4 Å². The number of nitrogens with zero attached hydrogens (tertiary/aromatic N) is 1. The summed E-state index contributed by atoms with van der Waals surface area (Å²) in [4.78, 5) is 7.73. The van der Waals surface area contributed by atoms with Crippen molar-refractivity contribution in [2.24, 2.45) is 0 Å². The van der Waals surface area contributed by atoms with Gasteiger partial charge in [-0.25, -0.2) is 9.37 Å². The molecule has 5 heteroatoms. The van der Waals surface area contributed by atoms with Crippen LogP contribution in [0.4, 0.5) is 10.2 Å². The number of aromatic amines is 1. The SMILES string of the molecule is C=C1NCCc2c(-c3ccc(CNc4ccccn4)cc3)[nH]c3cc(F)cc1c23. The lowest BCUT2D eigenvalue weighted by Gasteiger charge is -2.08. The fourth-order valence-corrected chi connectivity index (χ4v) is 3.98. The van der Waals surface area contributed by atoms with Crippen molar-refractivity contribution >= 4 is 22.4 Å². The predicted molar refractivity (Wildman–Crippen MR) is 116 cm³/mol. The highest BCUT2D eigenvalue weighted by atomic mass is 19.1. The fraction of sp³-hybridized carbons (Fsp3) is 0.125. The highest BCUT2D eigenvalue weighted by Crippen LogP contribution is 2.36. The topological polar surface area (TPSA) is 52.7 Å². The molecule has 5 rings (SSSR count). The predicted octanol–water partition coefficient (Wildman–Crippen LogP) is 5.10. The number of hydrogen-bond donors (Lipinski definition) is 3. The lowest BCUT2D eigenvalue weighted by Crippen LogP contribution is -2.12. The zero-order valence-electron chi connectivity index (χ0n) is 15.9. The van der Waals surface area contributed by atoms with Gasteiger partial charge in [0.1, 0.15) is 11.6 Å². The van der Waals surface area contributed by atoms with Gasteiger partial charge in [-0.3, -0.25) is 0 Å². The molecule has 2 aromatic carbocycles. The molecule has 29 heavy (non-hydrogen) atoms. The molecule has 0 bridgehead atoms. The lowest BCUT2D eigenvalue weighted by molar-refractivity contribution is 0.629. The Morgan fingerprint density at radius 1 is 1.10 bits per heavy atom. The summed E-state index contributed by atoms with van der Waals surface area (Å²) < 4.78 is 14.1. The van der Waals surface area contributed by atoms with Crippen molar-refractivity contribution in [2.45, 2.75) is 13.0 Å². The molecule has 1 aliphatic rings. The third-order valence-electron chi connectivity index (χ3n) is 5.39. The van der Waals surface area contributed by atoms with Gasteiger partial charge >= 0.3 is 0 Å². The van der Waals surface area contributed by atoms with E-state index in [1.54, 1.807) is 18.3 Å². The number of rotatable bonds is 4. The second-order valence-electron chi connectivity index (χ2n) is 7.28. The molecule has 0 aliphatic carbocycles. The summed E-state index contributed by atoms with van der Waals surface area (Å²) in [5.41, 5.74) is 6.95. The molecule has 0 atom stereocenters. The van der Waals surface area contributed by atoms with Gasteiger partial charge in [0, 0.05) is 47.1 Å². The Kier molecular flexibility index (Phi) is 4.28. The van der Waals surface area contributed by atoms with Gasteiger partial charge in [0.05, 0.1) is 0 Å². The second-order valence-corrected chi connectivity index (χ2v) is 7.28. The smallest absolute Gasteiger partial charge is 0.126 e. The van der Waals surface area contributed by atoms with Crippen LogP contribution in [0.15, 0.2) is 67.4 Å². The van der Waals surface area contributed by atoms with Crippen molar-refractivity contribution < 1.29 is 4.39 Å². The first kappa shape index (κ1) is 17.5. The molecule has 0 fully saturated rings. The third kappa shape index (κ3) is 3.25. The largest absolute Gasteiger partial charge is 0.385 e. The number of benzene rings is 2. The van der Waals surface area contributed by atoms with Crippen LogP contribution in [0.2, 0.25) is 0 Å². The first-order chi connectivity index (χ1) is 14.2. The molecule has 0 spiro atoms. The van der Waals surface area contributed by atoms with Gasteiger partial charge in [0.2, 0.25) is 0 Å². The number of anilines is 1. The van der Waals surface area contributed by atoms with E-state index in [1.807, 2.05) is 18.2 Å². The van der Waals surface area contributed by atoms with E-state index in [0.29, 0.717) is 6.54 Å². The molecular weight excluding hydrogens is 363 g/mol. The molecule has 3 N–H and O–H groups in total. The van der Waals surface area contributed by atoms with E-state index in [9.17, 15) is 4.39 Å². The third-order valence-corrected chi connectivity index (χ3v) is 5.39. The van der Waals surface area contributed by atoms with E-state index in [4.69, 9.17) is 0 Å². The van der Waals surface area contributed by atoms with Crippen molar-refractivity contribution in [2.75, 3.05) is 11.9 Å². The minimum atomic E-state index is -0.257. The molecular formula is C24H21FN4. The number of pyridine rings is 1. The van der Waals surface area contributed by atoms with Gasteiger partial charge in [-0.05, 0) is 47.4 Å². The van der Waals surface area contributed by atoms with Crippen LogP contribution in [0.5, 0.6) is 0 Å². The molecule has 0 amide bonds. The van der Waals surface area contributed by atoms with Crippen molar-refractivity contribution in [1.29, 1.82) is 0 Å². The van der Waals surface area contributed by atoms with Crippen LogP contribution in [0, 0.1) is 5.82 Å². The van der Waals surface area contributed by atoms with Crippen LogP contribution >= 0.6 is 0 Å². The molecule has 0 unspecified atom stereocenters. The quantitative estimate of drug-likeness (QED) is 0.459. The summed E-state index contributed by atoms with van der Waals surface area (Å²) in [6.45, 7) is 5.56. The Hall–Kier alpha value is -3.60. The monoisotopic (exact) mass is 384 g/mol. The fourth-order valence-electron chi connectivity index (χ4n) is 3.98. The van der Waals surface area contributed by atoms with Crippen LogP contribution < -0.4 is 10.6 Å². The zero-order valence-corrected chi connectivity index (χ0v) is 15.9. The maximum Gasteiger partial charge on any atom is 0.126 e. The second kappa shape index (κ2) is 7.09. The average Bonchev–Trinajstić information content (AvgIpc) is 3.02. The van der Waals surface area contributed by atoms with Crippen LogP contribution in [0.25, 0.3) is 27.9 Å². The minimum Gasteiger partial charge on any atom is -0.385 e. The van der Waals surface area contributed by atoms with E-state index in [-0.39, 0.29) is 5.82 Å². The zero-order chi connectivity index (χ0) is 19.8. The number of aromatic nitrogens is 2. The van der Waals surface area contributed by atoms with E-state index < -0.39 is 0 Å². The normalized spacial score (nSPS) is 13.2. The molecule has 3 heterocycles. The highest BCUT2D eigenvalue weighted by molar-refractivity contribution is 5.99. The number of H-pyrrole nitrogens is 1. The Bertz CT molecular complexity index is 1190. The molecule has 0 radical (unpaired) electrons. The summed E-state index contributed by atoms with van der Waals surface area (Å²) in [6.07, 6.45) is 2.63. The Labute approximate surface area is 168 Å². The Balaban J connectivity index is 1.48. The Morgan fingerprint density at radius 2 is 1.97 bits per heavy atom. The van der Waals surface area contributed by atoms with Gasteiger partial charge in [0.25, 0.3) is 0 Å². The standard InChI is InChI=1S/C24H21FN4/c1-15-20-12-18(25)13-21-23(20)19(9-11-26-15)24(29-21)17-7-5-16(6-8-17)14-28-22-4-2-3-10-27-22/h2-8,10,12-13,26,29H,1,9,11,14H2,(H,27,28). The number of hydrogen-bond acceptors (Lipinski definition) is 3. The van der Waals surface area contributed by atoms with Crippen LogP contribution in [-0.2, 0) is 13.0 Å². The van der Waals surface area contributed by atoms with Gasteiger partial charge in [0.15, 0.2) is 0 Å². The van der Waals surface area contributed by atoms with Gasteiger partial charge in [-0.15, -0.1) is 0 Å². The molecule has 144 valence electrons. The summed E-state index contributed by atoms with van der Waals surface area (Å²) in [5.74, 6) is 0.600. The first-order valence-electron chi connectivity index (χ1n) is 9.70. The van der Waals surface area contributed by atoms with Crippen LogP contribution in [0.3, 0.4) is 0 Å². The molecule has 0 saturated carbocycles. The summed E-state index contributed by atoms with van der Waals surface area (Å²) >= 11 is 0. The van der Waals surface area contributed by atoms with Crippen molar-refractivity contribution in [3.05, 3.63) is 89.9 Å². The van der Waals surface area contributed by atoms with Gasteiger partial charge in [-0.2, -0.15) is 0 Å². The molecule has 4 aromatic rings. The van der Waals surface area contributed by atoms with Gasteiger partial charge in [-0.1, -0.05) is 36.9 Å². The van der Waals surface area contributed by atoms with E-state index in [1.165, 1.54) is 11.1 Å². The first-order valence-corrected chi connectivity index (χ1v) is 9.70. The van der Waals surface area contributed by atoms with Crippen LogP contribution in [-0.4, -0.2) is 16.5 Å². The lowest BCUT2D eigenvalue weighted by atomic mass is 9.99. The number of halogens is 1. The maximum atomic E-state index is 14.1. The Morgan fingerprint density at radius 3 is 2.76 bits per heavy atom. The van der Waals surface area contributed by atoms with E-state index in [0.717, 1.165) is 52.2 Å². The van der Waals surface area contributed by atoms with E-state index >= 15 is 0 Å². The summed E-state index contributed by atoms with van der Waals surface area (Å²) in [7, 11) is 0. The highest BCUT2D eigenvalue weighted by Gasteiger charge is 2.21. The van der Waals surface area contributed by atoms with Crippen molar-refractivity contribution in [3.63, 3.8) is 0 Å². The molecule has 2 aromatic heterocycles. The number of nitrogens with one attached hydrogen (secondary N) is 3. The van der Waals surface area contributed by atoms with Crippen molar-refractivity contribution in [3.8, 4) is 11.3 Å². The maximum absolute atomic E-state index is 14.1. The summed E-state index contributed by atoms with van der Waals surface area (Å²) in [5, 5.41) is 7.68. The molecule has 1 aliphatic heterocycles. The minimum absolute atomic E-state index is 0.257. The average molecular weight is 384 g/mol. The molecule has 0 saturated heterocycles.